The van der Waals surface area contributed by atoms with E-state index in [-0.39, 0.29) is 11.9 Å². The van der Waals surface area contributed by atoms with Crippen molar-refractivity contribution >= 4 is 28.7 Å². The lowest BCUT2D eigenvalue weighted by Crippen LogP contribution is -2.33. The Morgan fingerprint density at radius 1 is 1.36 bits per heavy atom. The van der Waals surface area contributed by atoms with Crippen molar-refractivity contribution in [2.75, 3.05) is 19.5 Å². The average molecular weight is 364 g/mol. The van der Waals surface area contributed by atoms with E-state index in [9.17, 15) is 4.79 Å². The van der Waals surface area contributed by atoms with Crippen LogP contribution in [0.3, 0.4) is 0 Å². The van der Waals surface area contributed by atoms with Crippen LogP contribution >= 0.6 is 11.8 Å². The quantitative estimate of drug-likeness (QED) is 0.486. The predicted octanol–water partition coefficient (Wildman–Crippen LogP) is 3.86. The molecule has 5 nitrogen and oxygen atoms in total. The van der Waals surface area contributed by atoms with Crippen LogP contribution in [0.2, 0.25) is 0 Å². The summed E-state index contributed by atoms with van der Waals surface area (Å²) in [6, 6.07) is 8.27. The number of rotatable bonds is 11. The van der Waals surface area contributed by atoms with Gasteiger partial charge in [-0.15, -0.1) is 0 Å². The zero-order valence-electron chi connectivity index (χ0n) is 15.5. The minimum absolute atomic E-state index is 0.0688. The molecule has 1 aromatic heterocycles. The van der Waals surface area contributed by atoms with Crippen LogP contribution in [0.1, 0.15) is 39.5 Å². The number of hydrogen-bond acceptors (Lipinski definition) is 4. The van der Waals surface area contributed by atoms with E-state index in [4.69, 9.17) is 4.74 Å². The highest BCUT2D eigenvalue weighted by molar-refractivity contribution is 7.99. The molecule has 0 saturated carbocycles. The first kappa shape index (κ1) is 19.8. The number of unbranched alkanes of at least 4 members (excludes halogenated alkanes) is 2. The third-order valence-corrected chi connectivity index (χ3v) is 5.10. The van der Waals surface area contributed by atoms with Crippen LogP contribution < -0.4 is 5.32 Å². The van der Waals surface area contributed by atoms with Crippen molar-refractivity contribution in [3.8, 4) is 0 Å². The van der Waals surface area contributed by atoms with Gasteiger partial charge in [-0.3, -0.25) is 4.79 Å². The molecule has 2 rings (SSSR count). The van der Waals surface area contributed by atoms with E-state index in [2.05, 4.69) is 34.8 Å². The normalized spacial score (nSPS) is 12.4. The zero-order valence-corrected chi connectivity index (χ0v) is 16.3. The van der Waals surface area contributed by atoms with Gasteiger partial charge in [0.2, 0.25) is 5.91 Å². The lowest BCUT2D eigenvalue weighted by Gasteiger charge is -2.13. The molecule has 0 aliphatic heterocycles. The molecule has 1 aromatic carbocycles. The number of aromatic nitrogens is 2. The molecule has 1 N–H and O–H groups in total. The number of nitrogens with zero attached hydrogens (tertiary/aromatic N) is 2. The number of para-hydroxylation sites is 2. The molecular formula is C19H29N3O2S. The maximum absolute atomic E-state index is 12.2. The molecule has 1 unspecified atom stereocenters. The number of carbonyl (C=O) groups is 1. The van der Waals surface area contributed by atoms with Crippen LogP contribution in [-0.2, 0) is 16.1 Å². The number of amides is 1. The number of carbonyl (C=O) groups excluding carboxylic acids is 1. The second kappa shape index (κ2) is 10.5. The Labute approximate surface area is 154 Å². The Kier molecular flexibility index (Phi) is 8.28. The molecule has 25 heavy (non-hydrogen) atoms. The van der Waals surface area contributed by atoms with Gasteiger partial charge in [-0.25, -0.2) is 4.98 Å². The van der Waals surface area contributed by atoms with Gasteiger partial charge < -0.3 is 14.6 Å². The summed E-state index contributed by atoms with van der Waals surface area (Å²) in [4.78, 5) is 16.9. The van der Waals surface area contributed by atoms with E-state index in [0.29, 0.717) is 12.4 Å². The summed E-state index contributed by atoms with van der Waals surface area (Å²) < 4.78 is 7.33. The summed E-state index contributed by atoms with van der Waals surface area (Å²) in [6.07, 6.45) is 4.63. The second-order valence-corrected chi connectivity index (χ2v) is 7.22. The van der Waals surface area contributed by atoms with Crippen molar-refractivity contribution in [3.63, 3.8) is 0 Å². The number of fused-ring (bicyclic) bond motifs is 1. The number of methoxy groups -OCH3 is 1. The van der Waals surface area contributed by atoms with Crippen LogP contribution in [-0.4, -0.2) is 41.0 Å². The first-order chi connectivity index (χ1) is 12.2. The van der Waals surface area contributed by atoms with Crippen LogP contribution in [0.4, 0.5) is 0 Å². The standard InChI is InChI=1S/C19H29N3O2S/c1-4-5-6-9-15(2)20-18(23)14-25-19-21-16-10-7-8-11-17(16)22(19)12-13-24-3/h7-8,10-11,15H,4-6,9,12-14H2,1-3H3,(H,20,23). The average Bonchev–Trinajstić information content (AvgIpc) is 2.96. The van der Waals surface area contributed by atoms with Crippen molar-refractivity contribution in [2.24, 2.45) is 0 Å². The van der Waals surface area contributed by atoms with Crippen molar-refractivity contribution in [1.29, 1.82) is 0 Å². The lowest BCUT2D eigenvalue weighted by molar-refractivity contribution is -0.119. The molecule has 1 heterocycles. The minimum Gasteiger partial charge on any atom is -0.383 e. The number of ether oxygens (including phenoxy) is 1. The van der Waals surface area contributed by atoms with Crippen molar-refractivity contribution in [1.82, 2.24) is 14.9 Å². The monoisotopic (exact) mass is 363 g/mol. The Morgan fingerprint density at radius 3 is 2.92 bits per heavy atom. The fraction of sp³-hybridized carbons (Fsp3) is 0.579. The number of nitrogens with one attached hydrogen (secondary N) is 1. The Morgan fingerprint density at radius 2 is 2.16 bits per heavy atom. The molecule has 0 fully saturated rings. The van der Waals surface area contributed by atoms with Crippen LogP contribution in [0.15, 0.2) is 29.4 Å². The van der Waals surface area contributed by atoms with E-state index in [1.807, 2.05) is 18.2 Å². The molecule has 0 aliphatic carbocycles. The van der Waals surface area contributed by atoms with E-state index in [1.54, 1.807) is 7.11 Å². The first-order valence-electron chi connectivity index (χ1n) is 9.02. The molecule has 2 aromatic rings. The van der Waals surface area contributed by atoms with Gasteiger partial charge in [-0.05, 0) is 25.5 Å². The fourth-order valence-corrected chi connectivity index (χ4v) is 3.63. The summed E-state index contributed by atoms with van der Waals surface area (Å²) in [5.41, 5.74) is 2.03. The molecule has 0 spiro atoms. The van der Waals surface area contributed by atoms with Crippen molar-refractivity contribution < 1.29 is 9.53 Å². The maximum Gasteiger partial charge on any atom is 0.230 e. The van der Waals surface area contributed by atoms with E-state index < -0.39 is 0 Å². The molecule has 138 valence electrons. The van der Waals surface area contributed by atoms with Gasteiger partial charge in [-0.2, -0.15) is 0 Å². The molecule has 1 atom stereocenters. The summed E-state index contributed by atoms with van der Waals surface area (Å²) in [6.45, 7) is 5.62. The predicted molar refractivity (Wildman–Crippen MR) is 104 cm³/mol. The number of thioether (sulfide) groups is 1. The highest BCUT2D eigenvalue weighted by Gasteiger charge is 2.13. The van der Waals surface area contributed by atoms with Gasteiger partial charge in [0, 0.05) is 19.7 Å². The Hall–Kier alpha value is -1.53. The maximum atomic E-state index is 12.2. The molecular weight excluding hydrogens is 334 g/mol. The van der Waals surface area contributed by atoms with Crippen molar-refractivity contribution in [3.05, 3.63) is 24.3 Å². The van der Waals surface area contributed by atoms with E-state index in [1.165, 1.54) is 24.6 Å². The SMILES string of the molecule is CCCCCC(C)NC(=O)CSc1nc2ccccc2n1CCOC. The summed E-state index contributed by atoms with van der Waals surface area (Å²) in [5, 5.41) is 3.95. The summed E-state index contributed by atoms with van der Waals surface area (Å²) >= 11 is 1.49. The molecule has 1 amide bonds. The van der Waals surface area contributed by atoms with Gasteiger partial charge in [0.25, 0.3) is 0 Å². The zero-order chi connectivity index (χ0) is 18.1. The van der Waals surface area contributed by atoms with Crippen molar-refractivity contribution in [2.45, 2.75) is 57.3 Å². The number of benzene rings is 1. The molecule has 6 heteroatoms. The fourth-order valence-electron chi connectivity index (χ4n) is 2.78. The first-order valence-corrected chi connectivity index (χ1v) is 10.0. The van der Waals surface area contributed by atoms with E-state index >= 15 is 0 Å². The number of imidazole rings is 1. The third-order valence-electron chi connectivity index (χ3n) is 4.12. The highest BCUT2D eigenvalue weighted by Crippen LogP contribution is 2.24. The number of hydrogen-bond donors (Lipinski definition) is 1. The van der Waals surface area contributed by atoms with Gasteiger partial charge in [-0.1, -0.05) is 50.1 Å². The Bertz CT molecular complexity index is 672. The van der Waals surface area contributed by atoms with Gasteiger partial charge in [0.05, 0.1) is 23.4 Å². The highest BCUT2D eigenvalue weighted by atomic mass is 32.2. The molecule has 0 aliphatic rings. The minimum atomic E-state index is 0.0688. The van der Waals surface area contributed by atoms with Gasteiger partial charge in [0.1, 0.15) is 0 Å². The van der Waals surface area contributed by atoms with Gasteiger partial charge in [0.15, 0.2) is 5.16 Å². The van der Waals surface area contributed by atoms with Crippen LogP contribution in [0.5, 0.6) is 0 Å². The molecule has 0 bridgehead atoms. The smallest absolute Gasteiger partial charge is 0.230 e. The topological polar surface area (TPSA) is 56.2 Å². The molecule has 0 radical (unpaired) electrons. The molecule has 0 saturated heterocycles. The Balaban J connectivity index is 1.94. The summed E-state index contributed by atoms with van der Waals surface area (Å²) in [7, 11) is 1.69. The second-order valence-electron chi connectivity index (χ2n) is 6.28. The van der Waals surface area contributed by atoms with E-state index in [0.717, 1.165) is 35.6 Å². The van der Waals surface area contributed by atoms with Crippen LogP contribution in [0.25, 0.3) is 11.0 Å². The van der Waals surface area contributed by atoms with Gasteiger partial charge >= 0.3 is 0 Å². The largest absolute Gasteiger partial charge is 0.383 e. The lowest BCUT2D eigenvalue weighted by atomic mass is 10.1. The summed E-state index contributed by atoms with van der Waals surface area (Å²) in [5.74, 6) is 0.452. The van der Waals surface area contributed by atoms with Crippen LogP contribution in [0, 0.1) is 0 Å². The third kappa shape index (κ3) is 6.04.